The molecule has 3 rings (SSSR count). The van der Waals surface area contributed by atoms with Crippen molar-refractivity contribution >= 4 is 27.8 Å². The Bertz CT molecular complexity index is 1330. The van der Waals surface area contributed by atoms with E-state index in [1.54, 1.807) is 30.5 Å². The van der Waals surface area contributed by atoms with Crippen molar-refractivity contribution < 1.29 is 17.9 Å². The second-order valence-electron chi connectivity index (χ2n) is 8.19. The number of anilines is 1. The van der Waals surface area contributed by atoms with Gasteiger partial charge in [-0.05, 0) is 81.3 Å². The maximum Gasteiger partial charge on any atom is 0.260 e. The second kappa shape index (κ2) is 10.1. The first kappa shape index (κ1) is 25.0. The van der Waals surface area contributed by atoms with Gasteiger partial charge in [-0.15, -0.1) is 0 Å². The molecule has 0 aliphatic heterocycles. The van der Waals surface area contributed by atoms with Crippen molar-refractivity contribution in [2.45, 2.75) is 27.7 Å². The minimum absolute atomic E-state index is 0.361. The molecule has 0 radical (unpaired) electrons. The molecule has 0 atom stereocenters. The van der Waals surface area contributed by atoms with E-state index in [9.17, 15) is 13.2 Å². The van der Waals surface area contributed by atoms with E-state index < -0.39 is 22.5 Å². The lowest BCUT2D eigenvalue weighted by Gasteiger charge is -2.21. The molecular weight excluding hydrogens is 452 g/mol. The Balaban J connectivity index is 1.74. The number of carbonyl (C=O) groups is 1. The van der Waals surface area contributed by atoms with Gasteiger partial charge in [-0.2, -0.15) is 5.10 Å². The second-order valence-corrected chi connectivity index (χ2v) is 10.1. The Hall–Kier alpha value is -3.59. The number of aromatic nitrogens is 1. The van der Waals surface area contributed by atoms with Crippen LogP contribution < -0.4 is 14.5 Å². The first-order valence-electron chi connectivity index (χ1n) is 10.7. The van der Waals surface area contributed by atoms with Crippen LogP contribution in [0.2, 0.25) is 0 Å². The van der Waals surface area contributed by atoms with E-state index in [4.69, 9.17) is 4.74 Å². The summed E-state index contributed by atoms with van der Waals surface area (Å²) in [6.07, 6.45) is 2.62. The highest BCUT2D eigenvalue weighted by atomic mass is 32.2. The molecule has 1 heterocycles. The lowest BCUT2D eigenvalue weighted by molar-refractivity contribution is -0.119. The molecule has 3 aromatic rings. The number of hydrazone groups is 1. The Morgan fingerprint density at radius 2 is 1.74 bits per heavy atom. The maximum absolute atomic E-state index is 12.5. The van der Waals surface area contributed by atoms with Crippen LogP contribution in [0.25, 0.3) is 5.69 Å². The van der Waals surface area contributed by atoms with Gasteiger partial charge in [0.2, 0.25) is 10.0 Å². The van der Waals surface area contributed by atoms with Gasteiger partial charge in [0.15, 0.2) is 0 Å². The third-order valence-corrected chi connectivity index (χ3v) is 6.80. The molecule has 8 nitrogen and oxygen atoms in total. The summed E-state index contributed by atoms with van der Waals surface area (Å²) < 4.78 is 32.8. The molecule has 0 saturated carbocycles. The number of amides is 1. The quantitative estimate of drug-likeness (QED) is 0.392. The standard InChI is InChI=1S/C25H30N4O4S/c1-17-7-8-23(13-18(17)2)29-19(3)14-21(20(29)4)15-26-27-25(30)16-28(34(6,31)32)22-9-11-24(33-5)12-10-22/h7-15H,16H2,1-6H3,(H,27,30)/b26-15-. The van der Waals surface area contributed by atoms with Crippen LogP contribution in [0.15, 0.2) is 53.6 Å². The zero-order valence-electron chi connectivity index (χ0n) is 20.3. The highest BCUT2D eigenvalue weighted by Gasteiger charge is 2.21. The van der Waals surface area contributed by atoms with Crippen molar-refractivity contribution in [3.05, 3.63) is 76.6 Å². The lowest BCUT2D eigenvalue weighted by atomic mass is 10.1. The molecule has 1 amide bonds. The normalized spacial score (nSPS) is 11.6. The number of hydrogen-bond acceptors (Lipinski definition) is 5. The molecule has 0 aliphatic carbocycles. The number of methoxy groups -OCH3 is 1. The molecule has 2 aromatic carbocycles. The monoisotopic (exact) mass is 482 g/mol. The van der Waals surface area contributed by atoms with E-state index in [1.165, 1.54) is 18.2 Å². The summed E-state index contributed by atoms with van der Waals surface area (Å²) in [5.74, 6) is 0.0325. The number of aryl methyl sites for hydroxylation is 3. The van der Waals surface area contributed by atoms with Crippen LogP contribution in [0.1, 0.15) is 28.1 Å². The van der Waals surface area contributed by atoms with Gasteiger partial charge in [-0.3, -0.25) is 9.10 Å². The van der Waals surface area contributed by atoms with Crippen LogP contribution in [0, 0.1) is 27.7 Å². The van der Waals surface area contributed by atoms with Crippen molar-refractivity contribution in [1.29, 1.82) is 0 Å². The van der Waals surface area contributed by atoms with Crippen molar-refractivity contribution in [2.75, 3.05) is 24.2 Å². The average Bonchev–Trinajstić information content (AvgIpc) is 3.06. The minimum atomic E-state index is -3.68. The summed E-state index contributed by atoms with van der Waals surface area (Å²) in [6.45, 7) is 7.76. The summed E-state index contributed by atoms with van der Waals surface area (Å²) in [6, 6.07) is 14.7. The van der Waals surface area contributed by atoms with Gasteiger partial charge in [-0.1, -0.05) is 6.07 Å². The number of rotatable bonds is 8. The molecule has 0 spiro atoms. The van der Waals surface area contributed by atoms with E-state index in [-0.39, 0.29) is 0 Å². The fourth-order valence-corrected chi connectivity index (χ4v) is 4.52. The van der Waals surface area contributed by atoms with Crippen molar-refractivity contribution in [3.8, 4) is 11.4 Å². The molecular formula is C25H30N4O4S. The van der Waals surface area contributed by atoms with E-state index in [0.29, 0.717) is 11.4 Å². The molecule has 0 fully saturated rings. The van der Waals surface area contributed by atoms with Gasteiger partial charge in [0.05, 0.1) is 25.3 Å². The van der Waals surface area contributed by atoms with E-state index in [0.717, 1.165) is 33.2 Å². The first-order valence-corrected chi connectivity index (χ1v) is 12.6. The van der Waals surface area contributed by atoms with Crippen molar-refractivity contribution in [2.24, 2.45) is 5.10 Å². The molecule has 180 valence electrons. The lowest BCUT2D eigenvalue weighted by Crippen LogP contribution is -2.39. The summed E-state index contributed by atoms with van der Waals surface area (Å²) in [5.41, 5.74) is 9.16. The third kappa shape index (κ3) is 5.66. The van der Waals surface area contributed by atoms with E-state index in [1.807, 2.05) is 19.9 Å². The fraction of sp³-hybridized carbons (Fsp3) is 0.280. The van der Waals surface area contributed by atoms with Gasteiger partial charge in [0, 0.05) is 22.6 Å². The van der Waals surface area contributed by atoms with Crippen LogP contribution in [-0.4, -0.2) is 45.0 Å². The number of sulfonamides is 1. The number of hydrogen-bond donors (Lipinski definition) is 1. The Morgan fingerprint density at radius 1 is 1.06 bits per heavy atom. The molecule has 34 heavy (non-hydrogen) atoms. The van der Waals surface area contributed by atoms with Gasteiger partial charge < -0.3 is 9.30 Å². The molecule has 0 unspecified atom stereocenters. The Morgan fingerprint density at radius 3 is 2.32 bits per heavy atom. The van der Waals surface area contributed by atoms with Gasteiger partial charge >= 0.3 is 0 Å². The van der Waals surface area contributed by atoms with Crippen molar-refractivity contribution in [1.82, 2.24) is 9.99 Å². The zero-order chi connectivity index (χ0) is 25.0. The Kier molecular flexibility index (Phi) is 7.46. The van der Waals surface area contributed by atoms with Crippen LogP contribution in [-0.2, 0) is 14.8 Å². The average molecular weight is 483 g/mol. The third-order valence-electron chi connectivity index (χ3n) is 5.66. The predicted octanol–water partition coefficient (Wildman–Crippen LogP) is 3.64. The maximum atomic E-state index is 12.5. The number of nitrogens with one attached hydrogen (secondary N) is 1. The van der Waals surface area contributed by atoms with Gasteiger partial charge in [-0.25, -0.2) is 13.8 Å². The molecule has 1 aromatic heterocycles. The topological polar surface area (TPSA) is 93.0 Å². The van der Waals surface area contributed by atoms with Gasteiger partial charge in [0.1, 0.15) is 12.3 Å². The number of benzene rings is 2. The van der Waals surface area contributed by atoms with Crippen LogP contribution >= 0.6 is 0 Å². The molecule has 0 bridgehead atoms. The molecule has 9 heteroatoms. The first-order chi connectivity index (χ1) is 16.0. The Labute approximate surface area is 200 Å². The smallest absolute Gasteiger partial charge is 0.260 e. The number of ether oxygens (including phenoxy) is 1. The van der Waals surface area contributed by atoms with Crippen LogP contribution in [0.3, 0.4) is 0 Å². The SMILES string of the molecule is COc1ccc(N(CC(=O)N/N=C\c2cc(C)n(-c3ccc(C)c(C)c3)c2C)S(C)(=O)=O)cc1. The largest absolute Gasteiger partial charge is 0.497 e. The highest BCUT2D eigenvalue weighted by molar-refractivity contribution is 7.92. The number of carbonyl (C=O) groups excluding carboxylic acids is 1. The fourth-order valence-electron chi connectivity index (χ4n) is 3.67. The van der Waals surface area contributed by atoms with Crippen LogP contribution in [0.4, 0.5) is 5.69 Å². The summed E-state index contributed by atoms with van der Waals surface area (Å²) in [4.78, 5) is 12.5. The van der Waals surface area contributed by atoms with Crippen LogP contribution in [0.5, 0.6) is 5.75 Å². The van der Waals surface area contributed by atoms with E-state index in [2.05, 4.69) is 47.1 Å². The predicted molar refractivity (Wildman–Crippen MR) is 136 cm³/mol. The van der Waals surface area contributed by atoms with Crippen molar-refractivity contribution in [3.63, 3.8) is 0 Å². The molecule has 0 saturated heterocycles. The summed E-state index contributed by atoms with van der Waals surface area (Å²) in [7, 11) is -2.16. The molecule has 1 N–H and O–H groups in total. The zero-order valence-corrected chi connectivity index (χ0v) is 21.1. The highest BCUT2D eigenvalue weighted by Crippen LogP contribution is 2.23. The molecule has 0 aliphatic rings. The minimum Gasteiger partial charge on any atom is -0.497 e. The number of nitrogens with zero attached hydrogens (tertiary/aromatic N) is 3. The van der Waals surface area contributed by atoms with Gasteiger partial charge in [0.25, 0.3) is 5.91 Å². The summed E-state index contributed by atoms with van der Waals surface area (Å²) >= 11 is 0. The van der Waals surface area contributed by atoms with E-state index >= 15 is 0 Å². The summed E-state index contributed by atoms with van der Waals surface area (Å²) in [5, 5.41) is 4.06.